The Morgan fingerprint density at radius 2 is 1.17 bits per heavy atom. The first kappa shape index (κ1) is 34.7. The fraction of sp³-hybridized carbons (Fsp3) is 1.00. The minimum absolute atomic E-state index is 0.232. The average molecular weight is 501 g/mol. The molecule has 0 amide bonds. The summed E-state index contributed by atoms with van der Waals surface area (Å²) in [4.78, 5) is 7.64. The van der Waals surface area contributed by atoms with Crippen molar-refractivity contribution in [1.29, 1.82) is 0 Å². The largest absolute Gasteiger partial charge is 0.289 e. The Morgan fingerprint density at radius 1 is 0.686 bits per heavy atom. The quantitative estimate of drug-likeness (QED) is 0.154. The van der Waals surface area contributed by atoms with Crippen LogP contribution < -0.4 is 26.6 Å². The molecule has 0 aliphatic rings. The lowest BCUT2D eigenvalue weighted by molar-refractivity contribution is -0.219. The number of nitrogens with zero attached hydrogens (tertiary/aromatic N) is 3. The van der Waals surface area contributed by atoms with Crippen molar-refractivity contribution < 1.29 is 0 Å². The number of hydrogen-bond acceptors (Lipinski definition) is 8. The van der Waals surface area contributed by atoms with E-state index in [-0.39, 0.29) is 12.1 Å². The molecule has 2 unspecified atom stereocenters. The van der Waals surface area contributed by atoms with Crippen LogP contribution in [0.15, 0.2) is 0 Å². The normalized spacial score (nSPS) is 16.6. The molecule has 0 fully saturated rings. The van der Waals surface area contributed by atoms with Crippen molar-refractivity contribution in [3.05, 3.63) is 0 Å². The van der Waals surface area contributed by atoms with Crippen LogP contribution in [-0.2, 0) is 0 Å². The summed E-state index contributed by atoms with van der Waals surface area (Å²) in [7, 11) is 6.43. The van der Waals surface area contributed by atoms with Crippen LogP contribution in [0.3, 0.4) is 0 Å². The Balaban J connectivity index is 8.09. The second kappa shape index (κ2) is 16.5. The first-order valence-electron chi connectivity index (χ1n) is 14.4. The van der Waals surface area contributed by atoms with Crippen LogP contribution in [0.2, 0.25) is 0 Å². The van der Waals surface area contributed by atoms with Crippen LogP contribution >= 0.6 is 0 Å². The molecule has 0 radical (unpaired) electrons. The lowest BCUT2D eigenvalue weighted by atomic mass is 9.84. The Bertz CT molecular complexity index is 521. The highest BCUT2D eigenvalue weighted by atomic mass is 15.6. The molecule has 0 saturated carbocycles. The number of hydrogen-bond donors (Lipinski definition) is 5. The molecule has 0 bridgehead atoms. The lowest BCUT2D eigenvalue weighted by Gasteiger charge is -2.68. The molecule has 0 heterocycles. The molecule has 0 aromatic rings. The van der Waals surface area contributed by atoms with Gasteiger partial charge in [-0.25, -0.2) is 0 Å². The average Bonchev–Trinajstić information content (AvgIpc) is 2.78. The van der Waals surface area contributed by atoms with E-state index >= 15 is 0 Å². The van der Waals surface area contributed by atoms with Crippen LogP contribution in [0.1, 0.15) is 88.5 Å². The van der Waals surface area contributed by atoms with Crippen molar-refractivity contribution in [3.8, 4) is 0 Å². The van der Waals surface area contributed by atoms with Gasteiger partial charge in [-0.2, -0.15) is 0 Å². The second-order valence-corrected chi connectivity index (χ2v) is 10.5. The Labute approximate surface area is 219 Å². The van der Waals surface area contributed by atoms with Gasteiger partial charge in [-0.1, -0.05) is 41.5 Å². The minimum atomic E-state index is -0.665. The third-order valence-corrected chi connectivity index (χ3v) is 6.83. The minimum Gasteiger partial charge on any atom is -0.289 e. The fourth-order valence-corrected chi connectivity index (χ4v) is 5.94. The standard InChI is InChI=1S/C27H64N8/c1-14-20-30-27(34(18-5)19-6,35(21-15-2)22-16-3)25(31-23(7)8,32-24(9)10)26(28-11,29-17-4)33(12)13/h23-24,28-32H,14-22H2,1-13H3. The highest BCUT2D eigenvalue weighted by Gasteiger charge is 2.68. The van der Waals surface area contributed by atoms with E-state index in [1.165, 1.54) is 0 Å². The number of likely N-dealkylation sites (N-methyl/N-ethyl adjacent to an activating group) is 4. The highest BCUT2D eigenvalue weighted by Crippen LogP contribution is 2.38. The molecule has 8 heteroatoms. The summed E-state index contributed by atoms with van der Waals surface area (Å²) in [6, 6.07) is 0.465. The maximum atomic E-state index is 4.18. The maximum Gasteiger partial charge on any atom is 0.166 e. The molecular weight excluding hydrogens is 436 g/mol. The van der Waals surface area contributed by atoms with E-state index in [4.69, 9.17) is 0 Å². The topological polar surface area (TPSA) is 69.9 Å². The number of nitrogens with one attached hydrogen (secondary N) is 5. The van der Waals surface area contributed by atoms with Crippen LogP contribution in [0.25, 0.3) is 0 Å². The van der Waals surface area contributed by atoms with E-state index in [1.807, 2.05) is 0 Å². The van der Waals surface area contributed by atoms with Crippen molar-refractivity contribution in [1.82, 2.24) is 41.3 Å². The van der Waals surface area contributed by atoms with Crippen molar-refractivity contribution in [2.24, 2.45) is 0 Å². The van der Waals surface area contributed by atoms with Gasteiger partial charge in [0.2, 0.25) is 0 Å². The summed E-state index contributed by atoms with van der Waals surface area (Å²) in [5.74, 6) is -1.16. The zero-order valence-electron chi connectivity index (χ0n) is 25.9. The summed E-state index contributed by atoms with van der Waals surface area (Å²) >= 11 is 0. The molecule has 35 heavy (non-hydrogen) atoms. The van der Waals surface area contributed by atoms with Crippen molar-refractivity contribution in [2.75, 3.05) is 60.4 Å². The summed E-state index contributed by atoms with van der Waals surface area (Å²) in [5.41, 5.74) is -0.665. The van der Waals surface area contributed by atoms with Gasteiger partial charge in [0.1, 0.15) is 0 Å². The van der Waals surface area contributed by atoms with E-state index in [2.05, 4.69) is 132 Å². The zero-order chi connectivity index (χ0) is 27.3. The van der Waals surface area contributed by atoms with Gasteiger partial charge < -0.3 is 0 Å². The zero-order valence-corrected chi connectivity index (χ0v) is 25.9. The SMILES string of the molecule is CCCNC(N(CC)CC)(N(CCC)CCC)C(NC(C)C)(NC(C)C)C(NC)(NCC)N(C)C. The molecule has 0 saturated heterocycles. The smallest absolute Gasteiger partial charge is 0.166 e. The van der Waals surface area contributed by atoms with Gasteiger partial charge >= 0.3 is 0 Å². The van der Waals surface area contributed by atoms with Crippen LogP contribution in [0, 0.1) is 0 Å². The summed E-state index contributed by atoms with van der Waals surface area (Å²) < 4.78 is 0. The summed E-state index contributed by atoms with van der Waals surface area (Å²) in [6.45, 7) is 28.3. The first-order valence-corrected chi connectivity index (χ1v) is 14.4. The third kappa shape index (κ3) is 7.38. The summed E-state index contributed by atoms with van der Waals surface area (Å²) in [6.07, 6.45) is 3.24. The van der Waals surface area contributed by atoms with Gasteiger partial charge in [-0.15, -0.1) is 0 Å². The predicted molar refractivity (Wildman–Crippen MR) is 155 cm³/mol. The van der Waals surface area contributed by atoms with Gasteiger partial charge in [0.25, 0.3) is 0 Å². The Morgan fingerprint density at radius 3 is 1.46 bits per heavy atom. The van der Waals surface area contributed by atoms with Crippen LogP contribution in [-0.4, -0.2) is 104 Å². The molecule has 0 aromatic heterocycles. The number of rotatable bonds is 21. The monoisotopic (exact) mass is 501 g/mol. The molecule has 2 atom stereocenters. The van der Waals surface area contributed by atoms with Crippen LogP contribution in [0.5, 0.6) is 0 Å². The highest BCUT2D eigenvalue weighted by molar-refractivity contribution is 5.19. The third-order valence-electron chi connectivity index (χ3n) is 6.83. The molecule has 0 spiro atoms. The van der Waals surface area contributed by atoms with E-state index in [0.717, 1.165) is 58.5 Å². The molecule has 0 aliphatic carbocycles. The van der Waals surface area contributed by atoms with E-state index in [9.17, 15) is 0 Å². The molecule has 0 aliphatic heterocycles. The van der Waals surface area contributed by atoms with Crippen molar-refractivity contribution in [3.63, 3.8) is 0 Å². The van der Waals surface area contributed by atoms with Gasteiger partial charge in [0.05, 0.1) is 0 Å². The van der Waals surface area contributed by atoms with Gasteiger partial charge in [0, 0.05) is 25.2 Å². The second-order valence-electron chi connectivity index (χ2n) is 10.5. The van der Waals surface area contributed by atoms with E-state index in [1.54, 1.807) is 0 Å². The first-order chi connectivity index (χ1) is 16.5. The van der Waals surface area contributed by atoms with Gasteiger partial charge in [-0.05, 0) is 94.3 Å². The molecule has 0 aromatic carbocycles. The van der Waals surface area contributed by atoms with E-state index < -0.39 is 17.2 Å². The molecule has 212 valence electrons. The maximum absolute atomic E-state index is 4.18. The van der Waals surface area contributed by atoms with Crippen molar-refractivity contribution >= 4 is 0 Å². The van der Waals surface area contributed by atoms with Crippen molar-refractivity contribution in [2.45, 2.75) is 118 Å². The molecular formula is C27H64N8. The molecule has 8 nitrogen and oxygen atoms in total. The van der Waals surface area contributed by atoms with Crippen LogP contribution in [0.4, 0.5) is 0 Å². The van der Waals surface area contributed by atoms with Gasteiger partial charge in [0.15, 0.2) is 17.2 Å². The Hall–Kier alpha value is -0.320. The molecule has 0 rings (SSSR count). The summed E-state index contributed by atoms with van der Waals surface area (Å²) in [5, 5.41) is 20.2. The Kier molecular flexibility index (Phi) is 16.4. The predicted octanol–water partition coefficient (Wildman–Crippen LogP) is 2.84. The lowest BCUT2D eigenvalue weighted by Crippen LogP contribution is -2.99. The van der Waals surface area contributed by atoms with Gasteiger partial charge in [-0.3, -0.25) is 41.3 Å². The molecule has 5 N–H and O–H groups in total. The fourth-order valence-electron chi connectivity index (χ4n) is 5.94. The van der Waals surface area contributed by atoms with E-state index in [0.29, 0.717) is 0 Å².